The zero-order valence-corrected chi connectivity index (χ0v) is 13.2. The summed E-state index contributed by atoms with van der Waals surface area (Å²) in [7, 11) is -0.360. The Labute approximate surface area is 124 Å². The standard InChI is InChI=1S/C13H19N5O2S/c1-13(7-4-10-17(13)21(19,20)16(2)3)11-5-8-14-12-6-9-15-18(11)12/h5-6,8-9H,4,7,10H2,1-3H3/t13-/m0/s1. The van der Waals surface area contributed by atoms with Gasteiger partial charge in [0.15, 0.2) is 5.65 Å². The van der Waals surface area contributed by atoms with Gasteiger partial charge in [-0.15, -0.1) is 0 Å². The third kappa shape index (κ3) is 2.05. The van der Waals surface area contributed by atoms with E-state index in [9.17, 15) is 8.42 Å². The minimum Gasteiger partial charge on any atom is -0.237 e. The number of nitrogens with zero attached hydrogens (tertiary/aromatic N) is 5. The fourth-order valence-electron chi connectivity index (χ4n) is 3.00. The predicted molar refractivity (Wildman–Crippen MR) is 78.9 cm³/mol. The summed E-state index contributed by atoms with van der Waals surface area (Å²) in [6.45, 7) is 2.47. The number of rotatable bonds is 3. The van der Waals surface area contributed by atoms with Crippen molar-refractivity contribution in [3.8, 4) is 0 Å². The molecule has 1 atom stereocenters. The number of aromatic nitrogens is 3. The summed E-state index contributed by atoms with van der Waals surface area (Å²) in [4.78, 5) is 4.25. The third-order valence-electron chi connectivity index (χ3n) is 4.16. The first kappa shape index (κ1) is 14.4. The van der Waals surface area contributed by atoms with Crippen LogP contribution in [0.4, 0.5) is 0 Å². The zero-order chi connectivity index (χ0) is 15.3. The number of hydrogen-bond acceptors (Lipinski definition) is 4. The van der Waals surface area contributed by atoms with Crippen LogP contribution in [0.25, 0.3) is 5.65 Å². The second-order valence-corrected chi connectivity index (χ2v) is 7.74. The van der Waals surface area contributed by atoms with E-state index in [0.717, 1.165) is 24.2 Å². The van der Waals surface area contributed by atoms with E-state index in [-0.39, 0.29) is 0 Å². The average Bonchev–Trinajstić information content (AvgIpc) is 3.04. The summed E-state index contributed by atoms with van der Waals surface area (Å²) in [5, 5.41) is 4.29. The first-order chi connectivity index (χ1) is 9.87. The summed E-state index contributed by atoms with van der Waals surface area (Å²) in [6.07, 6.45) is 4.97. The smallest absolute Gasteiger partial charge is 0.237 e. The molecular weight excluding hydrogens is 290 g/mol. The van der Waals surface area contributed by atoms with Crippen molar-refractivity contribution in [2.24, 2.45) is 0 Å². The van der Waals surface area contributed by atoms with Gasteiger partial charge in [0.2, 0.25) is 0 Å². The highest BCUT2D eigenvalue weighted by molar-refractivity contribution is 7.86. The van der Waals surface area contributed by atoms with Crippen LogP contribution >= 0.6 is 0 Å². The maximum Gasteiger partial charge on any atom is 0.282 e. The Balaban J connectivity index is 2.17. The lowest BCUT2D eigenvalue weighted by Crippen LogP contribution is -2.48. The number of fused-ring (bicyclic) bond motifs is 1. The Morgan fingerprint density at radius 2 is 2.05 bits per heavy atom. The van der Waals surface area contributed by atoms with Crippen molar-refractivity contribution in [3.63, 3.8) is 0 Å². The summed E-state index contributed by atoms with van der Waals surface area (Å²) >= 11 is 0. The summed E-state index contributed by atoms with van der Waals surface area (Å²) in [5.74, 6) is 0. The molecule has 1 aliphatic rings. The molecule has 1 saturated heterocycles. The monoisotopic (exact) mass is 309 g/mol. The van der Waals surface area contributed by atoms with E-state index in [1.807, 2.05) is 19.1 Å². The maximum absolute atomic E-state index is 12.6. The highest BCUT2D eigenvalue weighted by Crippen LogP contribution is 2.40. The second kappa shape index (κ2) is 4.75. The molecule has 3 rings (SSSR count). The normalized spacial score (nSPS) is 24.2. The summed E-state index contributed by atoms with van der Waals surface area (Å²) in [5.41, 5.74) is 0.958. The van der Waals surface area contributed by atoms with E-state index in [2.05, 4.69) is 10.1 Å². The minimum absolute atomic E-state index is 0.516. The number of hydrogen-bond donors (Lipinski definition) is 0. The molecule has 0 N–H and O–H groups in total. The van der Waals surface area contributed by atoms with E-state index in [1.54, 1.807) is 35.3 Å². The summed E-state index contributed by atoms with van der Waals surface area (Å²) < 4.78 is 29.8. The molecule has 0 bridgehead atoms. The molecule has 1 aliphatic heterocycles. The molecule has 0 amide bonds. The molecule has 2 aromatic rings. The largest absolute Gasteiger partial charge is 0.282 e. The van der Waals surface area contributed by atoms with E-state index >= 15 is 0 Å². The maximum atomic E-state index is 12.6. The quantitative estimate of drug-likeness (QED) is 0.842. The Morgan fingerprint density at radius 1 is 1.29 bits per heavy atom. The van der Waals surface area contributed by atoms with E-state index in [1.165, 1.54) is 4.31 Å². The highest BCUT2D eigenvalue weighted by Gasteiger charge is 2.47. The van der Waals surface area contributed by atoms with Crippen molar-refractivity contribution in [3.05, 3.63) is 30.2 Å². The SMILES string of the molecule is CN(C)S(=O)(=O)N1CCC[C@@]1(C)c1ccnc2ccnn12. The van der Waals surface area contributed by atoms with Crippen molar-refractivity contribution in [2.45, 2.75) is 25.3 Å². The van der Waals surface area contributed by atoms with Crippen molar-refractivity contribution in [1.82, 2.24) is 23.2 Å². The molecule has 21 heavy (non-hydrogen) atoms. The van der Waals surface area contributed by atoms with Crippen molar-refractivity contribution < 1.29 is 8.42 Å². The fraction of sp³-hybridized carbons (Fsp3) is 0.538. The molecule has 0 aromatic carbocycles. The lowest BCUT2D eigenvalue weighted by molar-refractivity contribution is 0.244. The van der Waals surface area contributed by atoms with Crippen LogP contribution in [-0.4, -0.2) is 52.3 Å². The van der Waals surface area contributed by atoms with Crippen molar-refractivity contribution in [2.75, 3.05) is 20.6 Å². The van der Waals surface area contributed by atoms with Gasteiger partial charge in [-0.25, -0.2) is 9.50 Å². The van der Waals surface area contributed by atoms with Crippen molar-refractivity contribution in [1.29, 1.82) is 0 Å². The molecule has 0 saturated carbocycles. The Bertz CT molecular complexity index is 770. The van der Waals surface area contributed by atoms with Crippen LogP contribution in [0, 0.1) is 0 Å². The van der Waals surface area contributed by atoms with Gasteiger partial charge in [-0.05, 0) is 25.8 Å². The third-order valence-corrected chi connectivity index (χ3v) is 6.22. The van der Waals surface area contributed by atoms with E-state index in [0.29, 0.717) is 6.54 Å². The second-order valence-electron chi connectivity index (χ2n) is 5.67. The Kier molecular flexibility index (Phi) is 3.27. The molecule has 0 radical (unpaired) electrons. The molecule has 2 aromatic heterocycles. The van der Waals surface area contributed by atoms with Crippen LogP contribution < -0.4 is 0 Å². The van der Waals surface area contributed by atoms with Gasteiger partial charge in [0, 0.05) is 32.9 Å². The zero-order valence-electron chi connectivity index (χ0n) is 12.4. The van der Waals surface area contributed by atoms with Gasteiger partial charge in [0.05, 0.1) is 17.4 Å². The van der Waals surface area contributed by atoms with Gasteiger partial charge in [-0.1, -0.05) is 0 Å². The predicted octanol–water partition coefficient (Wildman–Crippen LogP) is 0.847. The lowest BCUT2D eigenvalue weighted by Gasteiger charge is -2.36. The molecular formula is C13H19N5O2S. The summed E-state index contributed by atoms with van der Waals surface area (Å²) in [6, 6.07) is 3.66. The van der Waals surface area contributed by atoms with Crippen LogP contribution in [0.1, 0.15) is 25.5 Å². The van der Waals surface area contributed by atoms with Gasteiger partial charge in [0.1, 0.15) is 0 Å². The van der Waals surface area contributed by atoms with Gasteiger partial charge >= 0.3 is 0 Å². The van der Waals surface area contributed by atoms with Gasteiger partial charge in [0.25, 0.3) is 10.2 Å². The van der Waals surface area contributed by atoms with Gasteiger partial charge in [-0.2, -0.15) is 22.1 Å². The molecule has 3 heterocycles. The lowest BCUT2D eigenvalue weighted by atomic mass is 9.95. The van der Waals surface area contributed by atoms with Crippen LogP contribution in [0.15, 0.2) is 24.5 Å². The molecule has 1 fully saturated rings. The Hall–Kier alpha value is -1.51. The highest BCUT2D eigenvalue weighted by atomic mass is 32.2. The molecule has 0 aliphatic carbocycles. The molecule has 114 valence electrons. The first-order valence-corrected chi connectivity index (χ1v) is 8.26. The van der Waals surface area contributed by atoms with Crippen LogP contribution in [0.2, 0.25) is 0 Å². The Morgan fingerprint density at radius 3 is 2.76 bits per heavy atom. The van der Waals surface area contributed by atoms with Crippen LogP contribution in [0.3, 0.4) is 0 Å². The van der Waals surface area contributed by atoms with Crippen LogP contribution in [0.5, 0.6) is 0 Å². The molecule has 8 heteroatoms. The van der Waals surface area contributed by atoms with Gasteiger partial charge in [-0.3, -0.25) is 0 Å². The van der Waals surface area contributed by atoms with E-state index in [4.69, 9.17) is 0 Å². The molecule has 0 spiro atoms. The van der Waals surface area contributed by atoms with E-state index < -0.39 is 15.7 Å². The van der Waals surface area contributed by atoms with Crippen LogP contribution in [-0.2, 0) is 15.7 Å². The fourth-order valence-corrected chi connectivity index (χ4v) is 4.45. The van der Waals surface area contributed by atoms with Gasteiger partial charge < -0.3 is 0 Å². The minimum atomic E-state index is -3.48. The average molecular weight is 309 g/mol. The van der Waals surface area contributed by atoms with Crippen molar-refractivity contribution >= 4 is 15.9 Å². The molecule has 7 nitrogen and oxygen atoms in total. The molecule has 0 unspecified atom stereocenters. The topological polar surface area (TPSA) is 70.8 Å². The first-order valence-electron chi connectivity index (χ1n) is 6.87.